The Hall–Kier alpha value is -3.33. The molecule has 0 unspecified atom stereocenters. The summed E-state index contributed by atoms with van der Waals surface area (Å²) in [5.41, 5.74) is 9.14. The van der Waals surface area contributed by atoms with E-state index in [1.807, 2.05) is 16.5 Å². The lowest BCUT2D eigenvalue weighted by Crippen LogP contribution is -2.40. The number of nitrogens with one attached hydrogen (secondary N) is 1. The molecule has 178 valence electrons. The fourth-order valence-electron chi connectivity index (χ4n) is 4.85. The number of halogens is 2. The number of urea groups is 1. The molecule has 5 rings (SSSR count). The van der Waals surface area contributed by atoms with Gasteiger partial charge < -0.3 is 20.7 Å². The summed E-state index contributed by atoms with van der Waals surface area (Å²) >= 11 is 6.14. The summed E-state index contributed by atoms with van der Waals surface area (Å²) < 4.78 is 21.4. The van der Waals surface area contributed by atoms with Crippen molar-refractivity contribution in [3.05, 3.63) is 58.6 Å². The van der Waals surface area contributed by atoms with Gasteiger partial charge in [0.2, 0.25) is 0 Å². The second-order valence-corrected chi connectivity index (χ2v) is 9.21. The lowest BCUT2D eigenvalue weighted by Gasteiger charge is -2.23. The van der Waals surface area contributed by atoms with Gasteiger partial charge in [0, 0.05) is 59.6 Å². The van der Waals surface area contributed by atoms with Crippen LogP contribution in [0.3, 0.4) is 0 Å². The van der Waals surface area contributed by atoms with E-state index in [0.29, 0.717) is 29.4 Å². The first-order valence-electron chi connectivity index (χ1n) is 11.3. The van der Waals surface area contributed by atoms with E-state index >= 15 is 0 Å². The quantitative estimate of drug-likeness (QED) is 0.571. The van der Waals surface area contributed by atoms with Crippen LogP contribution < -0.4 is 15.8 Å². The largest absolute Gasteiger partial charge is 0.485 e. The zero-order chi connectivity index (χ0) is 23.9. The summed E-state index contributed by atoms with van der Waals surface area (Å²) in [6.07, 6.45) is 3.55. The SMILES string of the molecule is CCNC(=O)N1CC[C@@]2(CCn3nc(-c4cnc(N)c(OCc5cc(F)ccc5Cl)c4)cc32)C1. The minimum Gasteiger partial charge on any atom is -0.485 e. The second-order valence-electron chi connectivity index (χ2n) is 8.81. The smallest absolute Gasteiger partial charge is 0.317 e. The third-order valence-corrected chi connectivity index (χ3v) is 7.03. The van der Waals surface area contributed by atoms with E-state index < -0.39 is 0 Å². The number of likely N-dealkylation sites (tertiary alicyclic amines) is 1. The van der Waals surface area contributed by atoms with Gasteiger partial charge in [-0.25, -0.2) is 14.2 Å². The van der Waals surface area contributed by atoms with E-state index in [4.69, 9.17) is 27.2 Å². The van der Waals surface area contributed by atoms with E-state index in [0.717, 1.165) is 42.9 Å². The molecule has 8 nitrogen and oxygen atoms in total. The van der Waals surface area contributed by atoms with E-state index in [-0.39, 0.29) is 29.7 Å². The number of anilines is 1. The van der Waals surface area contributed by atoms with Crippen LogP contribution in [0.2, 0.25) is 5.02 Å². The van der Waals surface area contributed by atoms with Crippen LogP contribution in [-0.4, -0.2) is 45.3 Å². The van der Waals surface area contributed by atoms with E-state index in [1.54, 1.807) is 12.3 Å². The van der Waals surface area contributed by atoms with Gasteiger partial charge in [-0.05, 0) is 50.1 Å². The molecular formula is C24H26ClFN6O2. The Balaban J connectivity index is 1.36. The number of hydrogen-bond acceptors (Lipinski definition) is 5. The Morgan fingerprint density at radius 1 is 1.29 bits per heavy atom. The van der Waals surface area contributed by atoms with Crippen LogP contribution in [0.5, 0.6) is 5.75 Å². The molecule has 1 aromatic carbocycles. The second kappa shape index (κ2) is 8.79. The lowest BCUT2D eigenvalue weighted by atomic mass is 9.82. The van der Waals surface area contributed by atoms with Crippen molar-refractivity contribution in [3.63, 3.8) is 0 Å². The minimum absolute atomic E-state index is 0.0134. The number of carbonyl (C=O) groups excluding carboxylic acids is 1. The summed E-state index contributed by atoms with van der Waals surface area (Å²) in [6, 6.07) is 7.98. The van der Waals surface area contributed by atoms with Crippen molar-refractivity contribution < 1.29 is 13.9 Å². The maximum atomic E-state index is 13.6. The number of fused-ring (bicyclic) bond motifs is 2. The molecule has 3 aromatic rings. The van der Waals surface area contributed by atoms with Crippen molar-refractivity contribution in [1.29, 1.82) is 0 Å². The maximum Gasteiger partial charge on any atom is 0.317 e. The van der Waals surface area contributed by atoms with Crippen LogP contribution in [0.25, 0.3) is 11.3 Å². The van der Waals surface area contributed by atoms with E-state index in [1.165, 1.54) is 18.2 Å². The molecule has 1 spiro atoms. The predicted octanol–water partition coefficient (Wildman–Crippen LogP) is 3.98. The topological polar surface area (TPSA) is 98.3 Å². The fourth-order valence-corrected chi connectivity index (χ4v) is 5.02. The molecular weight excluding hydrogens is 459 g/mol. The zero-order valence-electron chi connectivity index (χ0n) is 18.9. The van der Waals surface area contributed by atoms with Crippen LogP contribution >= 0.6 is 11.6 Å². The van der Waals surface area contributed by atoms with Gasteiger partial charge in [0.05, 0.1) is 5.69 Å². The molecule has 0 radical (unpaired) electrons. The lowest BCUT2D eigenvalue weighted by molar-refractivity contribution is 0.206. The number of rotatable bonds is 5. The van der Waals surface area contributed by atoms with Crippen LogP contribution in [0.1, 0.15) is 31.0 Å². The Labute approximate surface area is 201 Å². The number of aryl methyl sites for hydroxylation is 1. The zero-order valence-corrected chi connectivity index (χ0v) is 19.6. The number of hydrogen-bond donors (Lipinski definition) is 2. The molecule has 2 aliphatic heterocycles. The molecule has 2 aliphatic rings. The van der Waals surface area contributed by atoms with E-state index in [9.17, 15) is 9.18 Å². The number of amides is 2. The van der Waals surface area contributed by atoms with Gasteiger partial charge in [0.25, 0.3) is 0 Å². The molecule has 0 bridgehead atoms. The Kier molecular flexibility index (Phi) is 5.81. The molecule has 0 aliphatic carbocycles. The fraction of sp³-hybridized carbons (Fsp3) is 0.375. The highest BCUT2D eigenvalue weighted by Crippen LogP contribution is 2.44. The highest BCUT2D eigenvalue weighted by molar-refractivity contribution is 6.31. The number of carbonyl (C=O) groups is 1. The van der Waals surface area contributed by atoms with Crippen LogP contribution in [-0.2, 0) is 18.6 Å². The first-order chi connectivity index (χ1) is 16.4. The Bertz CT molecular complexity index is 1250. The van der Waals surface area contributed by atoms with Gasteiger partial charge >= 0.3 is 6.03 Å². The molecule has 1 atom stereocenters. The van der Waals surface area contributed by atoms with Crippen molar-refractivity contribution in [2.45, 2.75) is 38.3 Å². The monoisotopic (exact) mass is 484 g/mol. The summed E-state index contributed by atoms with van der Waals surface area (Å²) in [5, 5.41) is 8.10. The normalized spacial score (nSPS) is 19.0. The Morgan fingerprint density at radius 3 is 2.94 bits per heavy atom. The third kappa shape index (κ3) is 4.04. The summed E-state index contributed by atoms with van der Waals surface area (Å²) in [5.74, 6) is 0.221. The standard InChI is InChI=1S/C24H26ClFN6O2/c1-2-28-23(33)31-7-5-24(14-31)6-8-32-21(24)11-19(30-32)15-10-20(22(27)29-12-15)34-13-16-9-17(26)3-4-18(16)25/h3-4,9-12H,2,5-8,13-14H2,1H3,(H2,27,29)(H,28,33)/t24-/m1/s1. The average molecular weight is 485 g/mol. The number of ether oxygens (including phenoxy) is 1. The van der Waals surface area contributed by atoms with Crippen LogP contribution in [0.15, 0.2) is 36.5 Å². The third-order valence-electron chi connectivity index (χ3n) is 6.66. The first kappa shape index (κ1) is 22.5. The van der Waals surface area contributed by atoms with Gasteiger partial charge in [-0.15, -0.1) is 0 Å². The number of benzene rings is 1. The molecule has 1 fully saturated rings. The molecule has 10 heteroatoms. The summed E-state index contributed by atoms with van der Waals surface area (Å²) in [4.78, 5) is 18.5. The van der Waals surface area contributed by atoms with Gasteiger partial charge in [-0.1, -0.05) is 11.6 Å². The van der Waals surface area contributed by atoms with E-state index in [2.05, 4.69) is 16.4 Å². The number of nitrogen functional groups attached to an aromatic ring is 1. The van der Waals surface area contributed by atoms with Gasteiger partial charge in [-0.2, -0.15) is 5.10 Å². The highest BCUT2D eigenvalue weighted by Gasteiger charge is 2.46. The van der Waals surface area contributed by atoms with Gasteiger partial charge in [-0.3, -0.25) is 4.68 Å². The number of aromatic nitrogens is 3. The highest BCUT2D eigenvalue weighted by atomic mass is 35.5. The molecule has 34 heavy (non-hydrogen) atoms. The van der Waals surface area contributed by atoms with Crippen molar-refractivity contribution in [1.82, 2.24) is 25.0 Å². The molecule has 3 N–H and O–H groups in total. The molecule has 2 amide bonds. The summed E-state index contributed by atoms with van der Waals surface area (Å²) in [7, 11) is 0. The number of pyridine rings is 1. The molecule has 0 saturated carbocycles. The van der Waals surface area contributed by atoms with Crippen molar-refractivity contribution >= 4 is 23.4 Å². The van der Waals surface area contributed by atoms with Crippen LogP contribution in [0, 0.1) is 5.82 Å². The van der Waals surface area contributed by atoms with Crippen molar-refractivity contribution in [2.24, 2.45) is 0 Å². The first-order valence-corrected chi connectivity index (χ1v) is 11.7. The minimum atomic E-state index is -0.387. The number of nitrogens with two attached hydrogens (primary N) is 1. The maximum absolute atomic E-state index is 13.6. The Morgan fingerprint density at radius 2 is 2.12 bits per heavy atom. The molecule has 2 aromatic heterocycles. The van der Waals surface area contributed by atoms with Crippen molar-refractivity contribution in [3.8, 4) is 17.0 Å². The average Bonchev–Trinajstić information content (AvgIpc) is 3.52. The van der Waals surface area contributed by atoms with Gasteiger partial charge in [0.15, 0.2) is 11.6 Å². The van der Waals surface area contributed by atoms with Gasteiger partial charge in [0.1, 0.15) is 12.4 Å². The summed E-state index contributed by atoms with van der Waals surface area (Å²) in [6.45, 7) is 4.83. The van der Waals surface area contributed by atoms with Crippen molar-refractivity contribution in [2.75, 3.05) is 25.4 Å². The predicted molar refractivity (Wildman–Crippen MR) is 127 cm³/mol. The number of nitrogens with zero attached hydrogens (tertiary/aromatic N) is 4. The van der Waals surface area contributed by atoms with Crippen LogP contribution in [0.4, 0.5) is 15.0 Å². The molecule has 1 saturated heterocycles. The molecule has 4 heterocycles.